The van der Waals surface area contributed by atoms with Gasteiger partial charge in [-0.05, 0) is 42.0 Å². The summed E-state index contributed by atoms with van der Waals surface area (Å²) in [5.74, 6) is -0.393. The van der Waals surface area contributed by atoms with Gasteiger partial charge in [0.25, 0.3) is 5.91 Å². The molecule has 0 bridgehead atoms. The van der Waals surface area contributed by atoms with Gasteiger partial charge in [0.2, 0.25) is 5.91 Å². The van der Waals surface area contributed by atoms with Gasteiger partial charge in [-0.15, -0.1) is 0 Å². The van der Waals surface area contributed by atoms with E-state index in [-0.39, 0.29) is 11.8 Å². The van der Waals surface area contributed by atoms with Crippen molar-refractivity contribution in [2.24, 2.45) is 0 Å². The van der Waals surface area contributed by atoms with Gasteiger partial charge in [0.1, 0.15) is 11.7 Å². The fraction of sp³-hybridized carbons (Fsp3) is 0.200. The van der Waals surface area contributed by atoms with Gasteiger partial charge >= 0.3 is 6.03 Å². The SMILES string of the molecule is O=C(Nc1ccc(Cl)cc1)N[C@@H](C(=O)N1CCN(C(=O)c2ccccn2)CC1)c1ccccc1. The summed E-state index contributed by atoms with van der Waals surface area (Å²) in [6.45, 7) is 1.50. The van der Waals surface area contributed by atoms with Gasteiger partial charge in [-0.1, -0.05) is 48.0 Å². The average Bonchev–Trinajstić information content (AvgIpc) is 2.89. The summed E-state index contributed by atoms with van der Waals surface area (Å²) in [6.07, 6.45) is 1.58. The molecule has 174 valence electrons. The number of anilines is 1. The smallest absolute Gasteiger partial charge is 0.320 e. The summed E-state index contributed by atoms with van der Waals surface area (Å²) in [5, 5.41) is 6.08. The van der Waals surface area contributed by atoms with Crippen LogP contribution in [0.25, 0.3) is 0 Å². The molecule has 1 aliphatic heterocycles. The van der Waals surface area contributed by atoms with Crippen LogP contribution in [0.4, 0.5) is 10.5 Å². The van der Waals surface area contributed by atoms with Gasteiger partial charge in [-0.25, -0.2) is 4.79 Å². The van der Waals surface area contributed by atoms with Crippen molar-refractivity contribution in [3.63, 3.8) is 0 Å². The molecular formula is C25H24ClN5O3. The molecule has 3 aromatic rings. The molecule has 0 spiro atoms. The molecule has 0 aliphatic carbocycles. The van der Waals surface area contributed by atoms with E-state index in [0.29, 0.717) is 48.1 Å². The summed E-state index contributed by atoms with van der Waals surface area (Å²) in [5.41, 5.74) is 1.61. The molecule has 2 aromatic carbocycles. The first kappa shape index (κ1) is 23.3. The highest BCUT2D eigenvalue weighted by Gasteiger charge is 2.31. The van der Waals surface area contributed by atoms with Crippen molar-refractivity contribution in [2.75, 3.05) is 31.5 Å². The Hall–Kier alpha value is -3.91. The Morgan fingerprint density at radius 2 is 1.47 bits per heavy atom. The Morgan fingerprint density at radius 1 is 0.824 bits per heavy atom. The number of aromatic nitrogens is 1. The average molecular weight is 478 g/mol. The molecule has 9 heteroatoms. The van der Waals surface area contributed by atoms with E-state index in [0.717, 1.165) is 0 Å². The number of pyridine rings is 1. The molecule has 34 heavy (non-hydrogen) atoms. The molecule has 1 fully saturated rings. The van der Waals surface area contributed by atoms with Crippen LogP contribution in [-0.4, -0.2) is 58.8 Å². The first-order valence-corrected chi connectivity index (χ1v) is 11.3. The summed E-state index contributed by atoms with van der Waals surface area (Å²) in [7, 11) is 0. The number of nitrogens with zero attached hydrogens (tertiary/aromatic N) is 3. The van der Waals surface area contributed by atoms with E-state index in [1.54, 1.807) is 70.6 Å². The number of benzene rings is 2. The van der Waals surface area contributed by atoms with Crippen molar-refractivity contribution in [1.29, 1.82) is 0 Å². The number of urea groups is 1. The van der Waals surface area contributed by atoms with Crippen molar-refractivity contribution in [1.82, 2.24) is 20.1 Å². The minimum atomic E-state index is -0.869. The lowest BCUT2D eigenvalue weighted by atomic mass is 10.1. The lowest BCUT2D eigenvalue weighted by Gasteiger charge is -2.36. The number of hydrogen-bond donors (Lipinski definition) is 2. The predicted octanol–water partition coefficient (Wildman–Crippen LogP) is 3.58. The van der Waals surface area contributed by atoms with Gasteiger partial charge in [0.05, 0.1) is 0 Å². The second-order valence-corrected chi connectivity index (χ2v) is 8.22. The number of carbonyl (C=O) groups is 3. The molecule has 0 unspecified atom stereocenters. The minimum absolute atomic E-state index is 0.159. The van der Waals surface area contributed by atoms with E-state index in [1.165, 1.54) is 0 Å². The molecule has 2 heterocycles. The highest BCUT2D eigenvalue weighted by molar-refractivity contribution is 6.30. The highest BCUT2D eigenvalue weighted by Crippen LogP contribution is 2.19. The van der Waals surface area contributed by atoms with Gasteiger partial charge in [0.15, 0.2) is 0 Å². The Morgan fingerprint density at radius 3 is 2.12 bits per heavy atom. The molecule has 4 rings (SSSR count). The molecule has 1 aromatic heterocycles. The van der Waals surface area contributed by atoms with E-state index in [4.69, 9.17) is 11.6 Å². The van der Waals surface area contributed by atoms with Gasteiger partial charge in [-0.3, -0.25) is 14.6 Å². The third-order valence-corrected chi connectivity index (χ3v) is 5.77. The molecule has 1 atom stereocenters. The lowest BCUT2D eigenvalue weighted by Crippen LogP contribution is -2.53. The second kappa shape index (κ2) is 10.8. The third kappa shape index (κ3) is 5.71. The maximum absolute atomic E-state index is 13.4. The standard InChI is InChI=1S/C25H24ClN5O3/c26-19-9-11-20(12-10-19)28-25(34)29-22(18-6-2-1-3-7-18)24(33)31-16-14-30(15-17-31)23(32)21-8-4-5-13-27-21/h1-13,22H,14-17H2,(H2,28,29,34)/t22-/m1/s1. The van der Waals surface area contributed by atoms with Crippen molar-refractivity contribution < 1.29 is 14.4 Å². The van der Waals surface area contributed by atoms with Crippen LogP contribution in [-0.2, 0) is 4.79 Å². The molecule has 1 aliphatic rings. The summed E-state index contributed by atoms with van der Waals surface area (Å²) in [4.78, 5) is 46.2. The first-order valence-electron chi connectivity index (χ1n) is 10.9. The number of amides is 4. The number of halogens is 1. The minimum Gasteiger partial charge on any atom is -0.337 e. The zero-order valence-electron chi connectivity index (χ0n) is 18.4. The normalized spacial score (nSPS) is 14.3. The molecular weight excluding hydrogens is 454 g/mol. The summed E-state index contributed by atoms with van der Waals surface area (Å²) < 4.78 is 0. The predicted molar refractivity (Wildman–Crippen MR) is 130 cm³/mol. The fourth-order valence-corrected chi connectivity index (χ4v) is 3.85. The van der Waals surface area contributed by atoms with E-state index in [9.17, 15) is 14.4 Å². The quantitative estimate of drug-likeness (QED) is 0.587. The largest absolute Gasteiger partial charge is 0.337 e. The fourth-order valence-electron chi connectivity index (χ4n) is 3.73. The van der Waals surface area contributed by atoms with Crippen LogP contribution in [0.15, 0.2) is 79.0 Å². The van der Waals surface area contributed by atoms with Gasteiger partial charge in [0, 0.05) is 43.1 Å². The van der Waals surface area contributed by atoms with E-state index >= 15 is 0 Å². The van der Waals surface area contributed by atoms with Crippen LogP contribution >= 0.6 is 11.6 Å². The van der Waals surface area contributed by atoms with Crippen LogP contribution in [0.3, 0.4) is 0 Å². The monoisotopic (exact) mass is 477 g/mol. The van der Waals surface area contributed by atoms with E-state index in [1.807, 2.05) is 18.2 Å². The van der Waals surface area contributed by atoms with Gasteiger partial charge in [-0.2, -0.15) is 0 Å². The zero-order chi connectivity index (χ0) is 23.9. The van der Waals surface area contributed by atoms with Gasteiger partial charge < -0.3 is 20.4 Å². The molecule has 1 saturated heterocycles. The second-order valence-electron chi connectivity index (χ2n) is 7.78. The van der Waals surface area contributed by atoms with Crippen molar-refractivity contribution in [3.8, 4) is 0 Å². The summed E-state index contributed by atoms with van der Waals surface area (Å²) >= 11 is 5.90. The van der Waals surface area contributed by atoms with Crippen molar-refractivity contribution in [3.05, 3.63) is 95.3 Å². The molecule has 2 N–H and O–H groups in total. The number of carbonyl (C=O) groups excluding carboxylic acids is 3. The van der Waals surface area contributed by atoms with Crippen LogP contribution in [0.5, 0.6) is 0 Å². The number of nitrogens with one attached hydrogen (secondary N) is 2. The van der Waals surface area contributed by atoms with Crippen LogP contribution < -0.4 is 10.6 Å². The lowest BCUT2D eigenvalue weighted by molar-refractivity contribution is -0.134. The first-order chi connectivity index (χ1) is 16.5. The third-order valence-electron chi connectivity index (χ3n) is 5.52. The molecule has 0 saturated carbocycles. The van der Waals surface area contributed by atoms with Crippen molar-refractivity contribution in [2.45, 2.75) is 6.04 Å². The van der Waals surface area contributed by atoms with E-state index < -0.39 is 12.1 Å². The Kier molecular flexibility index (Phi) is 7.39. The number of rotatable bonds is 5. The van der Waals surface area contributed by atoms with Crippen LogP contribution in [0, 0.1) is 0 Å². The molecule has 0 radical (unpaired) electrons. The Balaban J connectivity index is 1.42. The molecule has 4 amide bonds. The Bertz CT molecular complexity index is 1130. The zero-order valence-corrected chi connectivity index (χ0v) is 19.1. The number of hydrogen-bond acceptors (Lipinski definition) is 4. The summed E-state index contributed by atoms with van der Waals surface area (Å²) in [6, 6.07) is 19.6. The van der Waals surface area contributed by atoms with Crippen molar-refractivity contribution >= 4 is 35.1 Å². The van der Waals surface area contributed by atoms with Crippen LogP contribution in [0.1, 0.15) is 22.1 Å². The highest BCUT2D eigenvalue weighted by atomic mass is 35.5. The topological polar surface area (TPSA) is 94.6 Å². The molecule has 8 nitrogen and oxygen atoms in total. The maximum atomic E-state index is 13.4. The Labute approximate surface area is 202 Å². The van der Waals surface area contributed by atoms with E-state index in [2.05, 4.69) is 15.6 Å². The maximum Gasteiger partial charge on any atom is 0.320 e. The number of piperazine rings is 1. The van der Waals surface area contributed by atoms with Crippen LogP contribution in [0.2, 0.25) is 5.02 Å².